The zero-order valence-electron chi connectivity index (χ0n) is 40.6. The molecular weight excluding hydrogens is 963 g/mol. The van der Waals surface area contributed by atoms with Crippen molar-refractivity contribution in [2.75, 3.05) is 17.4 Å². The van der Waals surface area contributed by atoms with Crippen molar-refractivity contribution in [3.63, 3.8) is 0 Å². The minimum absolute atomic E-state index is 0.00840. The molecule has 5 N–H and O–H groups in total. The number of amides is 5. The van der Waals surface area contributed by atoms with Crippen molar-refractivity contribution in [1.82, 2.24) is 35.7 Å². The predicted octanol–water partition coefficient (Wildman–Crippen LogP) is 8.62. The number of unbranched alkanes of at least 4 members (excludes halogenated alkanes) is 6. The Balaban J connectivity index is 0.770. The number of hydrogen-bond acceptors (Lipinski definition) is 10. The van der Waals surface area contributed by atoms with Crippen LogP contribution in [-0.4, -0.2) is 80.4 Å². The largest absolute Gasteiger partial charge is 0.391 e. The van der Waals surface area contributed by atoms with Crippen LogP contribution in [0, 0.1) is 18.2 Å². The van der Waals surface area contributed by atoms with Crippen molar-refractivity contribution in [3.05, 3.63) is 123 Å². The lowest BCUT2D eigenvalue weighted by molar-refractivity contribution is -0.144. The Bertz CT molecular complexity index is 2730. The van der Waals surface area contributed by atoms with Gasteiger partial charge in [0, 0.05) is 48.0 Å². The van der Waals surface area contributed by atoms with Crippen molar-refractivity contribution >= 4 is 70.1 Å². The number of aryl methyl sites for hydroxylation is 1. The summed E-state index contributed by atoms with van der Waals surface area (Å²) in [6, 6.07) is 19.3. The summed E-state index contributed by atoms with van der Waals surface area (Å²) in [5, 5.41) is 22.9. The van der Waals surface area contributed by atoms with Crippen LogP contribution in [-0.2, 0) is 38.8 Å². The lowest BCUT2D eigenvalue weighted by Crippen LogP contribution is -2.57. The number of aliphatic hydroxyl groups excluding tert-OH is 1. The Labute approximate surface area is 427 Å². The zero-order chi connectivity index (χ0) is 50.4. The van der Waals surface area contributed by atoms with E-state index in [0.717, 1.165) is 76.4 Å². The van der Waals surface area contributed by atoms with Crippen LogP contribution in [0.15, 0.2) is 83.2 Å². The Morgan fingerprint density at radius 3 is 2.39 bits per heavy atom. The quantitative estimate of drug-likeness (QED) is 0.0400. The molecule has 376 valence electrons. The van der Waals surface area contributed by atoms with E-state index in [1.54, 1.807) is 27.9 Å². The monoisotopic (exact) mass is 1020 g/mol. The van der Waals surface area contributed by atoms with E-state index in [1.807, 2.05) is 81.7 Å². The van der Waals surface area contributed by atoms with E-state index in [2.05, 4.69) is 36.6 Å². The second kappa shape index (κ2) is 22.8. The van der Waals surface area contributed by atoms with Gasteiger partial charge < -0.3 is 40.1 Å². The summed E-state index contributed by atoms with van der Waals surface area (Å²) < 4.78 is 18.4. The summed E-state index contributed by atoms with van der Waals surface area (Å²) in [5.41, 5.74) is 7.39. The molecule has 3 aliphatic rings. The van der Waals surface area contributed by atoms with Crippen molar-refractivity contribution in [2.24, 2.45) is 5.41 Å². The number of thiazole rings is 1. The van der Waals surface area contributed by atoms with E-state index < -0.39 is 35.5 Å². The van der Waals surface area contributed by atoms with E-state index in [0.29, 0.717) is 41.5 Å². The molecule has 0 aliphatic carbocycles. The molecule has 5 heterocycles. The molecule has 2 aromatic heterocycles. The van der Waals surface area contributed by atoms with Gasteiger partial charge in [0.05, 0.1) is 46.2 Å². The number of nitrogens with one attached hydrogen (secondary N) is 4. The van der Waals surface area contributed by atoms with E-state index in [9.17, 15) is 33.5 Å². The first kappa shape index (κ1) is 51.6. The Morgan fingerprint density at radius 1 is 0.944 bits per heavy atom. The highest BCUT2D eigenvalue weighted by molar-refractivity contribution is 8.01. The van der Waals surface area contributed by atoms with Gasteiger partial charge in [-0.25, -0.2) is 9.37 Å². The number of fused-ring (bicyclic) bond motifs is 2. The van der Waals surface area contributed by atoms with E-state index >= 15 is 0 Å². The highest BCUT2D eigenvalue weighted by Gasteiger charge is 2.44. The lowest BCUT2D eigenvalue weighted by atomic mass is 9.85. The maximum absolute atomic E-state index is 14.6. The van der Waals surface area contributed by atoms with E-state index in [-0.39, 0.29) is 62.0 Å². The molecule has 3 aromatic carbocycles. The molecule has 1 saturated heterocycles. The third kappa shape index (κ3) is 12.3. The lowest BCUT2D eigenvalue weighted by Gasteiger charge is -2.35. The number of hydrogen-bond donors (Lipinski definition) is 5. The standard InChI is InChI=1S/C53H62ClFN8O6S2/c1-32-48(70-31-58-32)34-19-17-33(18-20-34)27-57-51(68)41-25-37(64)29-62(41)52(69)49(53(2,3)4)60-44(65)16-10-8-6-5-7-9-13-23-56-50(67)42-26-40(63-28-35-14-11-12-15-43(35)71-63)47-46(59-45(66)30-61(42)47)38-24-36(55)21-22-39(38)54/h11-12,14-15,17-22,24,26,31,37,41,46,49,64H,5-10,13,16,23,25,27-30H2,1-4H3,(H,56,67)(H,57,68)(H,59,66)(H,60,65)/t37-,41+,46-,49-/m1/s1. The number of halogens is 2. The van der Waals surface area contributed by atoms with Gasteiger partial charge in [-0.15, -0.1) is 11.3 Å². The minimum Gasteiger partial charge on any atom is -0.391 e. The number of carbonyl (C=O) groups is 5. The fourth-order valence-corrected chi connectivity index (χ4v) is 11.7. The van der Waals surface area contributed by atoms with Gasteiger partial charge in [-0.3, -0.25) is 24.0 Å². The fourth-order valence-electron chi connectivity index (χ4n) is 9.55. The molecule has 4 atom stereocenters. The van der Waals surface area contributed by atoms with Gasteiger partial charge in [-0.2, -0.15) is 0 Å². The number of rotatable bonds is 19. The number of nitrogens with zero attached hydrogens (tertiary/aromatic N) is 4. The van der Waals surface area contributed by atoms with Crippen LogP contribution in [0.1, 0.15) is 123 Å². The minimum atomic E-state index is -0.887. The van der Waals surface area contributed by atoms with Crippen LogP contribution in [0.5, 0.6) is 0 Å². The van der Waals surface area contributed by atoms with Crippen molar-refractivity contribution in [1.29, 1.82) is 0 Å². The third-order valence-electron chi connectivity index (χ3n) is 13.3. The molecule has 0 saturated carbocycles. The normalized spacial score (nSPS) is 17.9. The molecular formula is C53H62ClFN8O6S2. The number of carbonyl (C=O) groups excluding carboxylic acids is 5. The molecule has 0 radical (unpaired) electrons. The summed E-state index contributed by atoms with van der Waals surface area (Å²) in [7, 11) is 0. The second-order valence-electron chi connectivity index (χ2n) is 19.7. The van der Waals surface area contributed by atoms with Gasteiger partial charge in [0.25, 0.3) is 5.91 Å². The third-order valence-corrected chi connectivity index (χ3v) is 15.8. The smallest absolute Gasteiger partial charge is 0.268 e. The average Bonchev–Trinajstić information content (AvgIpc) is 4.15. The topological polar surface area (TPSA) is 178 Å². The number of aliphatic hydroxyl groups is 1. The average molecular weight is 1030 g/mol. The predicted molar refractivity (Wildman–Crippen MR) is 275 cm³/mol. The molecule has 3 aliphatic heterocycles. The first-order chi connectivity index (χ1) is 34.0. The number of β-amino-alcohol motifs (C(OH)–C–C–N with tert-alkyl or cyclic N) is 1. The first-order valence-electron chi connectivity index (χ1n) is 24.4. The molecule has 71 heavy (non-hydrogen) atoms. The van der Waals surface area contributed by atoms with Crippen molar-refractivity contribution in [3.8, 4) is 10.4 Å². The second-order valence-corrected chi connectivity index (χ2v) is 22.0. The number of benzene rings is 3. The Morgan fingerprint density at radius 2 is 1.68 bits per heavy atom. The number of anilines is 1. The number of aromatic nitrogens is 2. The molecule has 14 nitrogen and oxygen atoms in total. The van der Waals surface area contributed by atoms with Crippen molar-refractivity contribution in [2.45, 2.75) is 134 Å². The summed E-state index contributed by atoms with van der Waals surface area (Å²) in [6.45, 7) is 8.83. The molecule has 18 heteroatoms. The van der Waals surface area contributed by atoms with Crippen LogP contribution < -0.4 is 25.6 Å². The number of likely N-dealkylation sites (tertiary alicyclic amines) is 1. The van der Waals surface area contributed by atoms with Crippen LogP contribution in [0.4, 0.5) is 10.1 Å². The van der Waals surface area contributed by atoms with Crippen LogP contribution in [0.25, 0.3) is 10.4 Å². The zero-order valence-corrected chi connectivity index (χ0v) is 43.0. The summed E-state index contributed by atoms with van der Waals surface area (Å²) in [4.78, 5) is 75.7. The summed E-state index contributed by atoms with van der Waals surface area (Å²) in [5.74, 6) is -2.07. The van der Waals surface area contributed by atoms with Crippen molar-refractivity contribution < 1.29 is 33.5 Å². The Kier molecular flexibility index (Phi) is 16.5. The molecule has 0 unspecified atom stereocenters. The molecule has 1 fully saturated rings. The highest BCUT2D eigenvalue weighted by Crippen LogP contribution is 2.46. The van der Waals surface area contributed by atoms with Gasteiger partial charge in [-0.1, -0.05) is 107 Å². The Hall–Kier alpha value is -5.75. The van der Waals surface area contributed by atoms with Crippen LogP contribution in [0.2, 0.25) is 5.02 Å². The molecule has 5 amide bonds. The van der Waals surface area contributed by atoms with Crippen LogP contribution >= 0.6 is 34.9 Å². The van der Waals surface area contributed by atoms with Gasteiger partial charge >= 0.3 is 0 Å². The van der Waals surface area contributed by atoms with Gasteiger partial charge in [-0.05, 0) is 84.2 Å². The van der Waals surface area contributed by atoms with Gasteiger partial charge in [0.15, 0.2) is 0 Å². The van der Waals surface area contributed by atoms with E-state index in [4.69, 9.17) is 11.6 Å². The maximum atomic E-state index is 14.6. The highest BCUT2D eigenvalue weighted by atomic mass is 35.5. The molecule has 5 aromatic rings. The maximum Gasteiger partial charge on any atom is 0.268 e. The fraction of sp³-hybridized carbons (Fsp3) is 0.434. The summed E-state index contributed by atoms with van der Waals surface area (Å²) >= 11 is 9.72. The SMILES string of the molecule is Cc1ncsc1-c1ccc(CNC(=O)[C@@H]2C[C@@H](O)CN2C(=O)[C@@H](NC(=O)CCCCCCCCCNC(=O)c2cc(N3Cc4ccccc4S3)c3n2CC(=O)N[C@@H]3c2cc(F)ccc2Cl)C(C)(C)C)cc1. The molecule has 8 rings (SSSR count). The molecule has 0 spiro atoms. The first-order valence-corrected chi connectivity index (χ1v) is 26.4. The van der Waals surface area contributed by atoms with Gasteiger partial charge in [0.1, 0.15) is 30.1 Å². The van der Waals surface area contributed by atoms with Crippen LogP contribution in [0.3, 0.4) is 0 Å². The summed E-state index contributed by atoms with van der Waals surface area (Å²) in [6.07, 6.45) is 5.49. The molecule has 0 bridgehead atoms. The van der Waals surface area contributed by atoms with E-state index in [1.165, 1.54) is 23.1 Å². The van der Waals surface area contributed by atoms with Gasteiger partial charge in [0.2, 0.25) is 23.6 Å².